The third-order valence-corrected chi connectivity index (χ3v) is 4.92. The van der Waals surface area contributed by atoms with Crippen LogP contribution in [0.5, 0.6) is 0 Å². The van der Waals surface area contributed by atoms with Crippen molar-refractivity contribution >= 4 is 17.7 Å². The van der Waals surface area contributed by atoms with E-state index in [4.69, 9.17) is 0 Å². The van der Waals surface area contributed by atoms with Gasteiger partial charge in [-0.3, -0.25) is 9.36 Å². The molecule has 25 heavy (non-hydrogen) atoms. The lowest BCUT2D eigenvalue weighted by molar-refractivity contribution is -0.120. The molecule has 1 amide bonds. The smallest absolute Gasteiger partial charge is 0.233 e. The fourth-order valence-electron chi connectivity index (χ4n) is 2.44. The first-order chi connectivity index (χ1) is 12.1. The first kappa shape index (κ1) is 17.2. The maximum absolute atomic E-state index is 12.5. The number of carbonyl (C=O) groups excluding carboxylic acids is 1. The lowest BCUT2D eigenvalue weighted by Crippen LogP contribution is -2.33. The monoisotopic (exact) mass is 352 g/mol. The van der Waals surface area contributed by atoms with Crippen molar-refractivity contribution < 1.29 is 4.79 Å². The normalized spacial score (nSPS) is 13.2. The highest BCUT2D eigenvalue weighted by atomic mass is 32.2. The number of nitrogens with zero attached hydrogens (tertiary/aromatic N) is 3. The van der Waals surface area contributed by atoms with Gasteiger partial charge in [-0.1, -0.05) is 60.3 Å². The molecule has 5 nitrogen and oxygen atoms in total. The summed E-state index contributed by atoms with van der Waals surface area (Å²) in [6.07, 6.45) is 1.66. The summed E-state index contributed by atoms with van der Waals surface area (Å²) >= 11 is 1.39. The summed E-state index contributed by atoms with van der Waals surface area (Å²) in [7, 11) is 0. The molecule has 0 aliphatic rings. The minimum absolute atomic E-state index is 0.0241. The van der Waals surface area contributed by atoms with Crippen LogP contribution in [0, 0.1) is 0 Å². The van der Waals surface area contributed by atoms with Crippen LogP contribution >= 0.6 is 11.8 Å². The van der Waals surface area contributed by atoms with Crippen LogP contribution in [0.25, 0.3) is 5.69 Å². The van der Waals surface area contributed by atoms with Gasteiger partial charge in [0.25, 0.3) is 0 Å². The van der Waals surface area contributed by atoms with Crippen LogP contribution < -0.4 is 5.32 Å². The number of para-hydroxylation sites is 1. The van der Waals surface area contributed by atoms with Crippen molar-refractivity contribution in [1.82, 2.24) is 20.1 Å². The second-order valence-corrected chi connectivity index (χ2v) is 7.03. The van der Waals surface area contributed by atoms with E-state index in [1.165, 1.54) is 11.8 Å². The van der Waals surface area contributed by atoms with E-state index in [9.17, 15) is 4.79 Å². The van der Waals surface area contributed by atoms with Gasteiger partial charge in [0.2, 0.25) is 5.91 Å². The van der Waals surface area contributed by atoms with Crippen LogP contribution in [0.15, 0.2) is 72.1 Å². The van der Waals surface area contributed by atoms with Gasteiger partial charge >= 0.3 is 0 Å². The first-order valence-corrected chi connectivity index (χ1v) is 9.00. The molecule has 2 aromatic carbocycles. The predicted octanol–water partition coefficient (Wildman–Crippen LogP) is 3.63. The van der Waals surface area contributed by atoms with Gasteiger partial charge in [-0.2, -0.15) is 0 Å². The number of benzene rings is 2. The molecular weight excluding hydrogens is 332 g/mol. The van der Waals surface area contributed by atoms with Crippen LogP contribution in [0.3, 0.4) is 0 Å². The molecule has 0 saturated carbocycles. The maximum atomic E-state index is 12.5. The molecule has 1 heterocycles. The van der Waals surface area contributed by atoms with E-state index in [1.54, 1.807) is 6.33 Å². The Kier molecular flexibility index (Phi) is 5.50. The van der Waals surface area contributed by atoms with E-state index in [2.05, 4.69) is 15.5 Å². The molecule has 0 aliphatic carbocycles. The molecule has 6 heteroatoms. The summed E-state index contributed by atoms with van der Waals surface area (Å²) in [6, 6.07) is 19.7. The van der Waals surface area contributed by atoms with Crippen LogP contribution in [-0.4, -0.2) is 25.9 Å². The first-order valence-electron chi connectivity index (χ1n) is 8.12. The fraction of sp³-hybridized carbons (Fsp3) is 0.211. The Labute approximate surface area is 151 Å². The topological polar surface area (TPSA) is 59.8 Å². The van der Waals surface area contributed by atoms with Gasteiger partial charge < -0.3 is 5.32 Å². The van der Waals surface area contributed by atoms with Crippen LogP contribution in [0.1, 0.15) is 25.5 Å². The number of thioether (sulfide) groups is 1. The fourth-order valence-corrected chi connectivity index (χ4v) is 3.29. The van der Waals surface area contributed by atoms with E-state index >= 15 is 0 Å². The van der Waals surface area contributed by atoms with E-state index in [0.717, 1.165) is 11.3 Å². The molecule has 0 fully saturated rings. The van der Waals surface area contributed by atoms with E-state index < -0.39 is 0 Å². The summed E-state index contributed by atoms with van der Waals surface area (Å²) in [5.41, 5.74) is 2.06. The second-order valence-electron chi connectivity index (χ2n) is 5.72. The molecule has 0 bridgehead atoms. The highest BCUT2D eigenvalue weighted by Crippen LogP contribution is 2.24. The zero-order valence-corrected chi connectivity index (χ0v) is 15.0. The summed E-state index contributed by atoms with van der Waals surface area (Å²) in [6.45, 7) is 3.86. The Morgan fingerprint density at radius 3 is 2.36 bits per heavy atom. The zero-order chi connectivity index (χ0) is 17.6. The third kappa shape index (κ3) is 4.28. The molecule has 0 radical (unpaired) electrons. The third-order valence-electron chi connectivity index (χ3n) is 3.86. The number of carbonyl (C=O) groups is 1. The van der Waals surface area contributed by atoms with E-state index in [1.807, 2.05) is 79.1 Å². The molecule has 1 aromatic heterocycles. The molecule has 128 valence electrons. The molecule has 2 unspecified atom stereocenters. The molecule has 0 spiro atoms. The maximum Gasteiger partial charge on any atom is 0.233 e. The highest BCUT2D eigenvalue weighted by Gasteiger charge is 2.20. The van der Waals surface area contributed by atoms with Crippen molar-refractivity contribution in [2.24, 2.45) is 0 Å². The number of aromatic nitrogens is 3. The molecular formula is C19H20N4OS. The second kappa shape index (κ2) is 7.98. The zero-order valence-electron chi connectivity index (χ0n) is 14.2. The Balaban J connectivity index is 1.66. The lowest BCUT2D eigenvalue weighted by Gasteiger charge is -2.17. The number of rotatable bonds is 6. The minimum Gasteiger partial charge on any atom is -0.349 e. The standard InChI is InChI=1S/C19H20N4OS/c1-14(16-9-5-3-6-10-16)21-18(24)15(2)25-19-22-20-13-23(19)17-11-7-4-8-12-17/h3-15H,1-2H3,(H,21,24). The Hall–Kier alpha value is -2.60. The predicted molar refractivity (Wildman–Crippen MR) is 99.7 cm³/mol. The Morgan fingerprint density at radius 2 is 1.68 bits per heavy atom. The SMILES string of the molecule is CC(Sc1nncn1-c1ccccc1)C(=O)NC(C)c1ccccc1. The van der Waals surface area contributed by atoms with Crippen LogP contribution in [0.4, 0.5) is 0 Å². The van der Waals surface area contributed by atoms with Gasteiger partial charge in [0.05, 0.1) is 11.3 Å². The minimum atomic E-state index is -0.280. The summed E-state index contributed by atoms with van der Waals surface area (Å²) < 4.78 is 1.88. The molecule has 3 rings (SSSR count). The summed E-state index contributed by atoms with van der Waals surface area (Å²) in [5, 5.41) is 11.6. The van der Waals surface area contributed by atoms with Gasteiger partial charge in [-0.15, -0.1) is 10.2 Å². The van der Waals surface area contributed by atoms with Crippen molar-refractivity contribution in [3.05, 3.63) is 72.6 Å². The van der Waals surface area contributed by atoms with Crippen molar-refractivity contribution in [3.63, 3.8) is 0 Å². The highest BCUT2D eigenvalue weighted by molar-refractivity contribution is 8.00. The van der Waals surface area contributed by atoms with Gasteiger partial charge in [-0.25, -0.2) is 0 Å². The van der Waals surface area contributed by atoms with Crippen molar-refractivity contribution in [2.75, 3.05) is 0 Å². The average molecular weight is 352 g/mol. The van der Waals surface area contributed by atoms with Gasteiger partial charge in [-0.05, 0) is 31.5 Å². The number of nitrogens with one attached hydrogen (secondary N) is 1. The molecule has 0 saturated heterocycles. The number of hydrogen-bond donors (Lipinski definition) is 1. The Morgan fingerprint density at radius 1 is 1.04 bits per heavy atom. The van der Waals surface area contributed by atoms with Gasteiger partial charge in [0.1, 0.15) is 6.33 Å². The van der Waals surface area contributed by atoms with Crippen molar-refractivity contribution in [1.29, 1.82) is 0 Å². The van der Waals surface area contributed by atoms with Gasteiger partial charge in [0, 0.05) is 5.69 Å². The van der Waals surface area contributed by atoms with E-state index in [-0.39, 0.29) is 17.2 Å². The summed E-state index contributed by atoms with van der Waals surface area (Å²) in [4.78, 5) is 12.5. The van der Waals surface area contributed by atoms with Gasteiger partial charge in [0.15, 0.2) is 5.16 Å². The average Bonchev–Trinajstić information content (AvgIpc) is 3.11. The quantitative estimate of drug-likeness (QED) is 0.688. The molecule has 2 atom stereocenters. The molecule has 3 aromatic rings. The van der Waals surface area contributed by atoms with Crippen molar-refractivity contribution in [2.45, 2.75) is 30.3 Å². The Bertz CT molecular complexity index is 820. The molecule has 0 aliphatic heterocycles. The summed E-state index contributed by atoms with van der Waals surface area (Å²) in [5.74, 6) is -0.0241. The van der Waals surface area contributed by atoms with Crippen molar-refractivity contribution in [3.8, 4) is 5.69 Å². The largest absolute Gasteiger partial charge is 0.349 e. The molecule has 1 N–H and O–H groups in total. The van der Waals surface area contributed by atoms with Crippen LogP contribution in [-0.2, 0) is 4.79 Å². The lowest BCUT2D eigenvalue weighted by atomic mass is 10.1. The number of hydrogen-bond acceptors (Lipinski definition) is 4. The van der Waals surface area contributed by atoms with E-state index in [0.29, 0.717) is 5.16 Å². The van der Waals surface area contributed by atoms with Crippen LogP contribution in [0.2, 0.25) is 0 Å². The number of amides is 1.